The van der Waals surface area contributed by atoms with E-state index in [9.17, 15) is 0 Å². The van der Waals surface area contributed by atoms with E-state index in [1.54, 1.807) is 0 Å². The highest BCUT2D eigenvalue weighted by Gasteiger charge is 2.19. The molecule has 1 aromatic carbocycles. The summed E-state index contributed by atoms with van der Waals surface area (Å²) in [5.74, 6) is 0. The summed E-state index contributed by atoms with van der Waals surface area (Å²) < 4.78 is 1.12. The Labute approximate surface area is 104 Å². The summed E-state index contributed by atoms with van der Waals surface area (Å²) in [6.45, 7) is 2.99. The van der Waals surface area contributed by atoms with Crippen LogP contribution in [0.3, 0.4) is 0 Å². The molecule has 1 aliphatic heterocycles. The zero-order valence-electron chi connectivity index (χ0n) is 8.42. The molecule has 1 atom stereocenters. The molecule has 4 heteroatoms. The number of hydrogen-bond acceptors (Lipinski definition) is 2. The monoisotopic (exact) mass is 288 g/mol. The average molecular weight is 290 g/mol. The number of hydrogen-bond donors (Lipinski definition) is 1. The van der Waals surface area contributed by atoms with Crippen molar-refractivity contribution in [2.75, 3.05) is 13.1 Å². The van der Waals surface area contributed by atoms with Gasteiger partial charge in [-0.25, -0.2) is 0 Å². The zero-order valence-corrected chi connectivity index (χ0v) is 10.8. The number of rotatable bonds is 2. The van der Waals surface area contributed by atoms with Gasteiger partial charge in [0.1, 0.15) is 0 Å². The van der Waals surface area contributed by atoms with Crippen molar-refractivity contribution in [3.63, 3.8) is 0 Å². The number of benzene rings is 1. The highest BCUT2D eigenvalue weighted by molar-refractivity contribution is 9.10. The SMILES string of the molecule is N[C@@H]1CCN(Cc2cc(Cl)ccc2Br)C1. The van der Waals surface area contributed by atoms with Gasteiger partial charge in [0.2, 0.25) is 0 Å². The third-order valence-electron chi connectivity index (χ3n) is 2.71. The number of nitrogens with zero attached hydrogens (tertiary/aromatic N) is 1. The van der Waals surface area contributed by atoms with Gasteiger partial charge >= 0.3 is 0 Å². The lowest BCUT2D eigenvalue weighted by Gasteiger charge is -2.16. The van der Waals surface area contributed by atoms with Crippen molar-refractivity contribution < 1.29 is 0 Å². The molecule has 0 radical (unpaired) electrons. The summed E-state index contributed by atoms with van der Waals surface area (Å²) in [5.41, 5.74) is 7.10. The molecule has 82 valence electrons. The Hall–Kier alpha value is -0.0900. The van der Waals surface area contributed by atoms with Crippen LogP contribution in [0.5, 0.6) is 0 Å². The quantitative estimate of drug-likeness (QED) is 0.907. The second-order valence-corrected chi connectivity index (χ2v) is 5.31. The van der Waals surface area contributed by atoms with Crippen molar-refractivity contribution in [1.29, 1.82) is 0 Å². The fourth-order valence-electron chi connectivity index (χ4n) is 1.91. The molecule has 1 fully saturated rings. The van der Waals surface area contributed by atoms with E-state index in [1.165, 1.54) is 5.56 Å². The van der Waals surface area contributed by atoms with Crippen molar-refractivity contribution in [2.45, 2.75) is 19.0 Å². The summed E-state index contributed by atoms with van der Waals surface area (Å²) in [6, 6.07) is 6.23. The first-order valence-electron chi connectivity index (χ1n) is 5.07. The maximum absolute atomic E-state index is 5.97. The highest BCUT2D eigenvalue weighted by Crippen LogP contribution is 2.23. The predicted octanol–water partition coefficient (Wildman–Crippen LogP) is 2.64. The molecular formula is C11H14BrClN2. The highest BCUT2D eigenvalue weighted by atomic mass is 79.9. The Balaban J connectivity index is 2.07. The number of halogens is 2. The van der Waals surface area contributed by atoms with Gasteiger partial charge in [-0.1, -0.05) is 27.5 Å². The molecule has 2 rings (SSSR count). The van der Waals surface area contributed by atoms with Gasteiger partial charge in [0.25, 0.3) is 0 Å². The predicted molar refractivity (Wildman–Crippen MR) is 67.0 cm³/mol. The van der Waals surface area contributed by atoms with E-state index < -0.39 is 0 Å². The van der Waals surface area contributed by atoms with Crippen molar-refractivity contribution in [2.24, 2.45) is 5.73 Å². The molecule has 1 aromatic rings. The summed E-state index contributed by atoms with van der Waals surface area (Å²) in [7, 11) is 0. The smallest absolute Gasteiger partial charge is 0.0410 e. The van der Waals surface area contributed by atoms with Crippen LogP contribution in [0.15, 0.2) is 22.7 Å². The topological polar surface area (TPSA) is 29.3 Å². The first-order chi connectivity index (χ1) is 7.15. The maximum atomic E-state index is 5.97. The van der Waals surface area contributed by atoms with Crippen molar-refractivity contribution >= 4 is 27.5 Å². The summed E-state index contributed by atoms with van der Waals surface area (Å²) >= 11 is 9.50. The zero-order chi connectivity index (χ0) is 10.8. The summed E-state index contributed by atoms with van der Waals surface area (Å²) in [5, 5.41) is 0.789. The van der Waals surface area contributed by atoms with Gasteiger partial charge in [-0.15, -0.1) is 0 Å². The first-order valence-corrected chi connectivity index (χ1v) is 6.24. The van der Waals surface area contributed by atoms with Crippen molar-refractivity contribution in [3.05, 3.63) is 33.3 Å². The van der Waals surface area contributed by atoms with Crippen LogP contribution >= 0.6 is 27.5 Å². The van der Waals surface area contributed by atoms with Crippen LogP contribution in [0.4, 0.5) is 0 Å². The molecule has 1 aliphatic rings. The van der Waals surface area contributed by atoms with E-state index >= 15 is 0 Å². The van der Waals surface area contributed by atoms with E-state index in [2.05, 4.69) is 20.8 Å². The van der Waals surface area contributed by atoms with Crippen LogP contribution in [0.2, 0.25) is 5.02 Å². The Morgan fingerprint density at radius 2 is 2.33 bits per heavy atom. The standard InChI is InChI=1S/C11H14BrClN2/c12-11-2-1-9(13)5-8(11)6-15-4-3-10(14)7-15/h1-2,5,10H,3-4,6-7,14H2/t10-/m1/s1. The molecule has 0 amide bonds. The average Bonchev–Trinajstić information content (AvgIpc) is 2.58. The van der Waals surface area contributed by atoms with Crippen LogP contribution in [-0.4, -0.2) is 24.0 Å². The molecule has 2 N–H and O–H groups in total. The second-order valence-electron chi connectivity index (χ2n) is 4.02. The Bertz CT molecular complexity index is 356. The molecule has 0 bridgehead atoms. The molecule has 1 heterocycles. The minimum atomic E-state index is 0.336. The fraction of sp³-hybridized carbons (Fsp3) is 0.455. The van der Waals surface area contributed by atoms with E-state index in [-0.39, 0.29) is 0 Å². The van der Waals surface area contributed by atoms with Gasteiger partial charge in [-0.3, -0.25) is 4.90 Å². The van der Waals surface area contributed by atoms with Crippen LogP contribution in [-0.2, 0) is 6.54 Å². The lowest BCUT2D eigenvalue weighted by molar-refractivity contribution is 0.326. The van der Waals surface area contributed by atoms with Crippen LogP contribution < -0.4 is 5.73 Å². The number of likely N-dealkylation sites (tertiary alicyclic amines) is 1. The molecule has 0 aromatic heterocycles. The van der Waals surface area contributed by atoms with E-state index in [0.29, 0.717) is 6.04 Å². The maximum Gasteiger partial charge on any atom is 0.0410 e. The van der Waals surface area contributed by atoms with E-state index in [1.807, 2.05) is 18.2 Å². The summed E-state index contributed by atoms with van der Waals surface area (Å²) in [4.78, 5) is 2.36. The van der Waals surface area contributed by atoms with Crippen LogP contribution in [0.1, 0.15) is 12.0 Å². The number of nitrogens with two attached hydrogens (primary N) is 1. The third-order valence-corrected chi connectivity index (χ3v) is 3.72. The van der Waals surface area contributed by atoms with Crippen LogP contribution in [0.25, 0.3) is 0 Å². The largest absolute Gasteiger partial charge is 0.326 e. The Morgan fingerprint density at radius 3 is 3.00 bits per heavy atom. The van der Waals surface area contributed by atoms with Gasteiger partial charge in [0, 0.05) is 35.2 Å². The normalized spacial score (nSPS) is 22.2. The van der Waals surface area contributed by atoms with Gasteiger partial charge < -0.3 is 5.73 Å². The summed E-state index contributed by atoms with van der Waals surface area (Å²) in [6.07, 6.45) is 1.10. The molecule has 2 nitrogen and oxygen atoms in total. The molecule has 0 spiro atoms. The van der Waals surface area contributed by atoms with Gasteiger partial charge in [-0.05, 0) is 30.2 Å². The van der Waals surface area contributed by atoms with Crippen molar-refractivity contribution in [1.82, 2.24) is 4.90 Å². The Kier molecular flexibility index (Phi) is 3.67. The van der Waals surface area contributed by atoms with E-state index in [0.717, 1.165) is 35.6 Å². The molecular weight excluding hydrogens is 275 g/mol. The molecule has 1 saturated heterocycles. The molecule has 0 aliphatic carbocycles. The van der Waals surface area contributed by atoms with Crippen LogP contribution in [0, 0.1) is 0 Å². The van der Waals surface area contributed by atoms with Gasteiger partial charge in [0.15, 0.2) is 0 Å². The fourth-order valence-corrected chi connectivity index (χ4v) is 2.48. The molecule has 0 unspecified atom stereocenters. The Morgan fingerprint density at radius 1 is 1.53 bits per heavy atom. The molecule has 15 heavy (non-hydrogen) atoms. The van der Waals surface area contributed by atoms with Gasteiger partial charge in [0.05, 0.1) is 0 Å². The van der Waals surface area contributed by atoms with Gasteiger partial charge in [-0.2, -0.15) is 0 Å². The first kappa shape index (κ1) is 11.4. The third kappa shape index (κ3) is 2.94. The molecule has 0 saturated carbocycles. The minimum Gasteiger partial charge on any atom is -0.326 e. The van der Waals surface area contributed by atoms with E-state index in [4.69, 9.17) is 17.3 Å². The minimum absolute atomic E-state index is 0.336. The lowest BCUT2D eigenvalue weighted by Crippen LogP contribution is -2.26. The van der Waals surface area contributed by atoms with Crippen molar-refractivity contribution in [3.8, 4) is 0 Å². The lowest BCUT2D eigenvalue weighted by atomic mass is 10.2. The second kappa shape index (κ2) is 4.83.